The summed E-state index contributed by atoms with van der Waals surface area (Å²) in [6.07, 6.45) is 0.500. The van der Waals surface area contributed by atoms with Gasteiger partial charge >= 0.3 is 0 Å². The number of benzene rings is 3. The number of non-ortho nitro benzene ring substituents is 1. The van der Waals surface area contributed by atoms with E-state index in [4.69, 9.17) is 5.10 Å². The van der Waals surface area contributed by atoms with Gasteiger partial charge in [-0.3, -0.25) is 24.3 Å². The summed E-state index contributed by atoms with van der Waals surface area (Å²) in [5.41, 5.74) is 4.46. The van der Waals surface area contributed by atoms with Gasteiger partial charge in [0.1, 0.15) is 5.82 Å². The standard InChI is InChI=1S/C33H28FN7O4S2/c1-20-5-6-21(2)27(16-20)39-30(18-35-32(43)23-9-13-25(14-10-23)41(44)45)36-37-33(39)47-19-31(42)40-28(22-7-11-24(34)12-8-22)17-26(38-40)29-4-3-15-46-29/h3-16,28H,17-19H2,1-2H3,(H,35,43)/t28-/m0/s1. The van der Waals surface area contributed by atoms with Gasteiger partial charge in [0.15, 0.2) is 11.0 Å². The maximum Gasteiger partial charge on any atom is 0.269 e. The number of hydrazone groups is 1. The third-order valence-corrected chi connectivity index (χ3v) is 9.44. The van der Waals surface area contributed by atoms with Crippen LogP contribution in [0.3, 0.4) is 0 Å². The van der Waals surface area contributed by atoms with Gasteiger partial charge in [0.05, 0.1) is 39.5 Å². The minimum Gasteiger partial charge on any atom is -0.345 e. The topological polar surface area (TPSA) is 136 Å². The maximum atomic E-state index is 13.8. The average Bonchev–Trinajstić information content (AvgIpc) is 3.84. The highest BCUT2D eigenvalue weighted by atomic mass is 32.2. The van der Waals surface area contributed by atoms with E-state index >= 15 is 0 Å². The fraction of sp³-hybridized carbons (Fsp3) is 0.182. The average molecular weight is 670 g/mol. The smallest absolute Gasteiger partial charge is 0.269 e. The summed E-state index contributed by atoms with van der Waals surface area (Å²) in [4.78, 5) is 38.1. The quantitative estimate of drug-likeness (QED) is 0.103. The Kier molecular flexibility index (Phi) is 9.22. The highest BCUT2D eigenvalue weighted by Crippen LogP contribution is 2.35. The van der Waals surface area contributed by atoms with Crippen LogP contribution >= 0.6 is 23.1 Å². The Morgan fingerprint density at radius 3 is 2.53 bits per heavy atom. The van der Waals surface area contributed by atoms with Crippen LogP contribution in [0.1, 0.15) is 50.2 Å². The summed E-state index contributed by atoms with van der Waals surface area (Å²) < 4.78 is 15.5. The molecular formula is C33H28FN7O4S2. The predicted molar refractivity (Wildman–Crippen MR) is 177 cm³/mol. The van der Waals surface area contributed by atoms with Crippen molar-refractivity contribution < 1.29 is 18.9 Å². The molecule has 1 aliphatic heterocycles. The number of hydrogen-bond donors (Lipinski definition) is 1. The fourth-order valence-electron chi connectivity index (χ4n) is 5.18. The summed E-state index contributed by atoms with van der Waals surface area (Å²) >= 11 is 2.74. The van der Waals surface area contributed by atoms with E-state index in [1.165, 1.54) is 53.2 Å². The molecule has 14 heteroatoms. The lowest BCUT2D eigenvalue weighted by Gasteiger charge is -2.22. The van der Waals surface area contributed by atoms with Crippen molar-refractivity contribution in [3.8, 4) is 5.69 Å². The SMILES string of the molecule is Cc1ccc(C)c(-n2c(CNC(=O)c3ccc([N+](=O)[O-])cc3)nnc2SCC(=O)N2N=C(c3cccs3)C[C@H]2c2ccc(F)cc2)c1. The molecule has 2 amide bonds. The van der Waals surface area contributed by atoms with E-state index in [-0.39, 0.29) is 41.3 Å². The molecule has 3 heterocycles. The zero-order valence-electron chi connectivity index (χ0n) is 25.3. The van der Waals surface area contributed by atoms with Crippen molar-refractivity contribution in [1.29, 1.82) is 0 Å². The lowest BCUT2D eigenvalue weighted by molar-refractivity contribution is -0.384. The van der Waals surface area contributed by atoms with Gasteiger partial charge in [0.25, 0.3) is 17.5 Å². The first kappa shape index (κ1) is 31.8. The van der Waals surface area contributed by atoms with Crippen LogP contribution < -0.4 is 5.32 Å². The molecular weight excluding hydrogens is 642 g/mol. The first-order valence-electron chi connectivity index (χ1n) is 14.5. The minimum atomic E-state index is -0.528. The van der Waals surface area contributed by atoms with Crippen molar-refractivity contribution in [2.24, 2.45) is 5.10 Å². The van der Waals surface area contributed by atoms with E-state index in [9.17, 15) is 24.1 Å². The normalized spacial score (nSPS) is 14.2. The van der Waals surface area contributed by atoms with Gasteiger partial charge < -0.3 is 5.32 Å². The monoisotopic (exact) mass is 669 g/mol. The highest BCUT2D eigenvalue weighted by Gasteiger charge is 2.34. The van der Waals surface area contributed by atoms with Crippen LogP contribution in [0, 0.1) is 29.8 Å². The summed E-state index contributed by atoms with van der Waals surface area (Å²) in [6, 6.07) is 20.9. The zero-order chi connectivity index (χ0) is 33.1. The number of aromatic nitrogens is 3. The van der Waals surface area contributed by atoms with Gasteiger partial charge in [-0.2, -0.15) is 5.10 Å². The van der Waals surface area contributed by atoms with Crippen LogP contribution in [-0.2, 0) is 11.3 Å². The van der Waals surface area contributed by atoms with Gasteiger partial charge in [0, 0.05) is 24.1 Å². The molecule has 238 valence electrons. The number of rotatable bonds is 10. The number of carbonyl (C=O) groups is 2. The van der Waals surface area contributed by atoms with Crippen LogP contribution in [0.2, 0.25) is 0 Å². The highest BCUT2D eigenvalue weighted by molar-refractivity contribution is 7.99. The number of aryl methyl sites for hydroxylation is 2. The number of thioether (sulfide) groups is 1. The van der Waals surface area contributed by atoms with Gasteiger partial charge in [0.2, 0.25) is 0 Å². The first-order valence-corrected chi connectivity index (χ1v) is 16.4. The van der Waals surface area contributed by atoms with E-state index in [2.05, 4.69) is 15.5 Å². The molecule has 47 heavy (non-hydrogen) atoms. The molecule has 0 unspecified atom stereocenters. The van der Waals surface area contributed by atoms with Crippen molar-refractivity contribution in [3.63, 3.8) is 0 Å². The van der Waals surface area contributed by atoms with Crippen LogP contribution in [0.25, 0.3) is 5.69 Å². The summed E-state index contributed by atoms with van der Waals surface area (Å²) in [5, 5.41) is 31.1. The maximum absolute atomic E-state index is 13.8. The second kappa shape index (κ2) is 13.6. The molecule has 1 atom stereocenters. The van der Waals surface area contributed by atoms with Crippen LogP contribution in [0.15, 0.2) is 94.5 Å². The lowest BCUT2D eigenvalue weighted by atomic mass is 10.0. The Labute approximate surface area is 277 Å². The van der Waals surface area contributed by atoms with Gasteiger partial charge in [-0.15, -0.1) is 21.5 Å². The second-order valence-corrected chi connectivity index (χ2v) is 12.7. The molecule has 0 bridgehead atoms. The molecule has 5 aromatic rings. The number of nitrogens with zero attached hydrogens (tertiary/aromatic N) is 6. The number of halogens is 1. The minimum absolute atomic E-state index is 0.00291. The van der Waals surface area contributed by atoms with Crippen LogP contribution in [0.4, 0.5) is 10.1 Å². The Bertz CT molecular complexity index is 1980. The van der Waals surface area contributed by atoms with Crippen molar-refractivity contribution in [3.05, 3.63) is 133 Å². The Morgan fingerprint density at radius 2 is 1.83 bits per heavy atom. The Morgan fingerprint density at radius 1 is 1.06 bits per heavy atom. The predicted octanol–water partition coefficient (Wildman–Crippen LogP) is 6.39. The molecule has 11 nitrogen and oxygen atoms in total. The van der Waals surface area contributed by atoms with E-state index < -0.39 is 10.8 Å². The van der Waals surface area contributed by atoms with Crippen molar-refractivity contribution in [1.82, 2.24) is 25.1 Å². The number of carbonyl (C=O) groups excluding carboxylic acids is 2. The number of nitrogens with one attached hydrogen (secondary N) is 1. The van der Waals surface area contributed by atoms with Crippen molar-refractivity contribution >= 4 is 46.3 Å². The number of nitro groups is 1. The van der Waals surface area contributed by atoms with Crippen LogP contribution in [-0.4, -0.2) is 48.0 Å². The molecule has 0 fully saturated rings. The number of thiophene rings is 1. The van der Waals surface area contributed by atoms with E-state index in [1.54, 1.807) is 23.5 Å². The molecule has 3 aromatic carbocycles. The lowest BCUT2D eigenvalue weighted by Crippen LogP contribution is -2.28. The van der Waals surface area contributed by atoms with Crippen molar-refractivity contribution in [2.75, 3.05) is 5.75 Å². The van der Waals surface area contributed by atoms with Gasteiger partial charge in [-0.1, -0.05) is 42.1 Å². The van der Waals surface area contributed by atoms with E-state index in [0.717, 1.165) is 33.0 Å². The molecule has 1 N–H and O–H groups in total. The van der Waals surface area contributed by atoms with Gasteiger partial charge in [-0.25, -0.2) is 9.40 Å². The third-order valence-electron chi connectivity index (χ3n) is 7.60. The molecule has 0 spiro atoms. The molecule has 1 aliphatic rings. The summed E-state index contributed by atoms with van der Waals surface area (Å²) in [6.45, 7) is 3.93. The number of hydrogen-bond acceptors (Lipinski definition) is 9. The molecule has 0 saturated heterocycles. The zero-order valence-corrected chi connectivity index (χ0v) is 26.9. The van der Waals surface area contributed by atoms with E-state index in [0.29, 0.717) is 17.4 Å². The number of amides is 2. The molecule has 0 aliphatic carbocycles. The largest absolute Gasteiger partial charge is 0.345 e. The number of nitro benzene ring substituents is 1. The molecule has 0 saturated carbocycles. The third kappa shape index (κ3) is 6.98. The van der Waals surface area contributed by atoms with Crippen LogP contribution in [0.5, 0.6) is 0 Å². The Balaban J connectivity index is 1.24. The summed E-state index contributed by atoms with van der Waals surface area (Å²) in [7, 11) is 0. The molecule has 2 aromatic heterocycles. The summed E-state index contributed by atoms with van der Waals surface area (Å²) in [5.74, 6) is -0.603. The Hall–Kier alpha value is -5.21. The first-order chi connectivity index (χ1) is 22.7. The van der Waals surface area contributed by atoms with Gasteiger partial charge in [-0.05, 0) is 72.3 Å². The fourth-order valence-corrected chi connectivity index (χ4v) is 6.71. The molecule has 6 rings (SSSR count). The van der Waals surface area contributed by atoms with E-state index in [1.807, 2.05) is 54.1 Å². The second-order valence-electron chi connectivity index (χ2n) is 10.8. The molecule has 0 radical (unpaired) electrons. The van der Waals surface area contributed by atoms with Crippen molar-refractivity contribution in [2.45, 2.75) is 38.0 Å².